The third-order valence-electron chi connectivity index (χ3n) is 2.48. The number of amides is 1. The summed E-state index contributed by atoms with van der Waals surface area (Å²) in [6, 6.07) is 8.52. The molecule has 1 rings (SSSR count). The molecule has 1 amide bonds. The molecule has 0 aliphatic carbocycles. The highest BCUT2D eigenvalue weighted by Gasteiger charge is 2.29. The summed E-state index contributed by atoms with van der Waals surface area (Å²) in [6.07, 6.45) is -5.16. The van der Waals surface area contributed by atoms with Gasteiger partial charge in [0, 0.05) is 12.6 Å². The number of rotatable bonds is 6. The molecule has 0 aliphatic rings. The van der Waals surface area contributed by atoms with Crippen LogP contribution < -0.4 is 10.6 Å². The minimum Gasteiger partial charge on any atom is -0.351 e. The molecule has 0 spiro atoms. The van der Waals surface area contributed by atoms with Gasteiger partial charge in [0.05, 0.1) is 13.0 Å². The van der Waals surface area contributed by atoms with Crippen LogP contribution in [0.15, 0.2) is 30.3 Å². The molecule has 2 N–H and O–H groups in total. The van der Waals surface area contributed by atoms with Crippen LogP contribution in [-0.4, -0.2) is 24.7 Å². The minimum absolute atomic E-state index is 0.121. The van der Waals surface area contributed by atoms with E-state index in [0.29, 0.717) is 6.54 Å². The van der Waals surface area contributed by atoms with E-state index in [4.69, 9.17) is 0 Å². The summed E-state index contributed by atoms with van der Waals surface area (Å²) >= 11 is 0. The van der Waals surface area contributed by atoms with Crippen molar-refractivity contribution in [2.75, 3.05) is 6.54 Å². The number of nitrogens with one attached hydrogen (secondary N) is 2. The Morgan fingerprint density at radius 2 is 1.89 bits per heavy atom. The lowest BCUT2D eigenvalue weighted by atomic mass is 10.2. The zero-order valence-corrected chi connectivity index (χ0v) is 10.6. The molecule has 0 fully saturated rings. The Morgan fingerprint density at radius 3 is 2.47 bits per heavy atom. The zero-order chi connectivity index (χ0) is 14.3. The first-order chi connectivity index (χ1) is 8.87. The van der Waals surface area contributed by atoms with Crippen molar-refractivity contribution in [1.82, 2.24) is 10.6 Å². The highest BCUT2D eigenvalue weighted by Crippen LogP contribution is 2.21. The van der Waals surface area contributed by atoms with E-state index in [0.717, 1.165) is 5.56 Å². The van der Waals surface area contributed by atoms with Crippen LogP contribution in [0.5, 0.6) is 0 Å². The molecule has 0 bridgehead atoms. The highest BCUT2D eigenvalue weighted by atomic mass is 19.4. The fraction of sp³-hybridized carbons (Fsp3) is 0.462. The number of alkyl halides is 3. The van der Waals surface area contributed by atoms with Crippen molar-refractivity contribution in [2.45, 2.75) is 32.1 Å². The molecule has 19 heavy (non-hydrogen) atoms. The molecule has 106 valence electrons. The van der Waals surface area contributed by atoms with E-state index in [2.05, 4.69) is 10.6 Å². The van der Waals surface area contributed by atoms with Gasteiger partial charge in [0.2, 0.25) is 5.91 Å². The Bertz CT molecular complexity index is 393. The molecule has 0 saturated heterocycles. The molecule has 1 atom stereocenters. The topological polar surface area (TPSA) is 41.1 Å². The SMILES string of the molecule is CC(CC(F)(F)F)NCC(=O)NCc1ccccc1. The van der Waals surface area contributed by atoms with Crippen molar-refractivity contribution in [2.24, 2.45) is 0 Å². The number of hydrogen-bond donors (Lipinski definition) is 2. The van der Waals surface area contributed by atoms with Crippen LogP contribution in [0.2, 0.25) is 0 Å². The number of halogens is 3. The van der Waals surface area contributed by atoms with Gasteiger partial charge in [-0.25, -0.2) is 0 Å². The molecule has 1 aromatic rings. The highest BCUT2D eigenvalue weighted by molar-refractivity contribution is 5.77. The van der Waals surface area contributed by atoms with Gasteiger partial charge in [0.25, 0.3) is 0 Å². The van der Waals surface area contributed by atoms with E-state index in [1.165, 1.54) is 6.92 Å². The van der Waals surface area contributed by atoms with E-state index in [1.807, 2.05) is 30.3 Å². The maximum atomic E-state index is 12.1. The van der Waals surface area contributed by atoms with Crippen molar-refractivity contribution in [3.05, 3.63) is 35.9 Å². The lowest BCUT2D eigenvalue weighted by Crippen LogP contribution is -2.39. The van der Waals surface area contributed by atoms with E-state index < -0.39 is 18.6 Å². The molecule has 0 saturated carbocycles. The monoisotopic (exact) mass is 274 g/mol. The van der Waals surface area contributed by atoms with Crippen molar-refractivity contribution < 1.29 is 18.0 Å². The van der Waals surface area contributed by atoms with E-state index in [-0.39, 0.29) is 12.5 Å². The molecule has 0 aromatic heterocycles. The standard InChI is InChI=1S/C13H17F3N2O/c1-10(7-13(14,15)16)17-9-12(19)18-8-11-5-3-2-4-6-11/h2-6,10,17H,7-9H2,1H3,(H,18,19). The summed E-state index contributed by atoms with van der Waals surface area (Å²) in [7, 11) is 0. The van der Waals surface area contributed by atoms with Crippen molar-refractivity contribution >= 4 is 5.91 Å². The zero-order valence-electron chi connectivity index (χ0n) is 10.6. The van der Waals surface area contributed by atoms with Gasteiger partial charge >= 0.3 is 6.18 Å². The van der Waals surface area contributed by atoms with Gasteiger partial charge < -0.3 is 10.6 Å². The van der Waals surface area contributed by atoms with Gasteiger partial charge in [-0.2, -0.15) is 13.2 Å². The van der Waals surface area contributed by atoms with Crippen LogP contribution in [0.25, 0.3) is 0 Å². The van der Waals surface area contributed by atoms with Crippen LogP contribution in [0.4, 0.5) is 13.2 Å². The first kappa shape index (κ1) is 15.5. The predicted molar refractivity (Wildman–Crippen MR) is 66.4 cm³/mol. The van der Waals surface area contributed by atoms with Crippen molar-refractivity contribution in [1.29, 1.82) is 0 Å². The summed E-state index contributed by atoms with van der Waals surface area (Å²) in [5.74, 6) is -0.321. The van der Waals surface area contributed by atoms with Crippen LogP contribution in [-0.2, 0) is 11.3 Å². The lowest BCUT2D eigenvalue weighted by molar-refractivity contribution is -0.139. The molecular weight excluding hydrogens is 257 g/mol. The smallest absolute Gasteiger partial charge is 0.351 e. The number of hydrogen-bond acceptors (Lipinski definition) is 2. The third kappa shape index (κ3) is 7.46. The molecule has 1 aromatic carbocycles. The second-order valence-corrected chi connectivity index (χ2v) is 4.36. The maximum absolute atomic E-state index is 12.1. The minimum atomic E-state index is -4.22. The maximum Gasteiger partial charge on any atom is 0.390 e. The van der Waals surface area contributed by atoms with E-state index in [1.54, 1.807) is 0 Å². The summed E-state index contributed by atoms with van der Waals surface area (Å²) in [5.41, 5.74) is 0.944. The summed E-state index contributed by atoms with van der Waals surface area (Å²) in [5, 5.41) is 5.18. The molecule has 0 radical (unpaired) electrons. The van der Waals surface area contributed by atoms with Crippen LogP contribution in [0, 0.1) is 0 Å². The Balaban J connectivity index is 2.21. The quantitative estimate of drug-likeness (QED) is 0.835. The molecule has 1 unspecified atom stereocenters. The normalized spacial score (nSPS) is 13.1. The number of benzene rings is 1. The Hall–Kier alpha value is -1.56. The predicted octanol–water partition coefficient (Wildman–Crippen LogP) is 2.23. The first-order valence-electron chi connectivity index (χ1n) is 5.97. The van der Waals surface area contributed by atoms with Crippen molar-refractivity contribution in [3.63, 3.8) is 0 Å². The van der Waals surface area contributed by atoms with Gasteiger partial charge in [-0.05, 0) is 12.5 Å². The van der Waals surface area contributed by atoms with E-state index >= 15 is 0 Å². The molecule has 0 aliphatic heterocycles. The summed E-state index contributed by atoms with van der Waals surface area (Å²) in [4.78, 5) is 11.4. The number of carbonyl (C=O) groups excluding carboxylic acids is 1. The second-order valence-electron chi connectivity index (χ2n) is 4.36. The van der Waals surface area contributed by atoms with Gasteiger partial charge in [0.15, 0.2) is 0 Å². The van der Waals surface area contributed by atoms with Gasteiger partial charge in [-0.15, -0.1) is 0 Å². The fourth-order valence-corrected chi connectivity index (χ4v) is 1.55. The third-order valence-corrected chi connectivity index (χ3v) is 2.48. The van der Waals surface area contributed by atoms with Gasteiger partial charge in [-0.1, -0.05) is 30.3 Å². The van der Waals surface area contributed by atoms with Crippen LogP contribution >= 0.6 is 0 Å². The molecule has 6 heteroatoms. The lowest BCUT2D eigenvalue weighted by Gasteiger charge is -2.15. The van der Waals surface area contributed by atoms with Crippen LogP contribution in [0.3, 0.4) is 0 Å². The molecule has 3 nitrogen and oxygen atoms in total. The first-order valence-corrected chi connectivity index (χ1v) is 5.97. The Labute approximate surface area is 110 Å². The average molecular weight is 274 g/mol. The van der Waals surface area contributed by atoms with Crippen molar-refractivity contribution in [3.8, 4) is 0 Å². The van der Waals surface area contributed by atoms with E-state index in [9.17, 15) is 18.0 Å². The number of carbonyl (C=O) groups is 1. The molecular formula is C13H17F3N2O. The Morgan fingerprint density at radius 1 is 1.26 bits per heavy atom. The molecule has 0 heterocycles. The summed E-state index contributed by atoms with van der Waals surface area (Å²) < 4.78 is 36.2. The Kier molecular flexibility index (Phi) is 5.82. The van der Waals surface area contributed by atoms with Gasteiger partial charge in [0.1, 0.15) is 0 Å². The average Bonchev–Trinajstić information content (AvgIpc) is 2.33. The summed E-state index contributed by atoms with van der Waals surface area (Å²) in [6.45, 7) is 1.65. The van der Waals surface area contributed by atoms with Crippen LogP contribution in [0.1, 0.15) is 18.9 Å². The fourth-order valence-electron chi connectivity index (χ4n) is 1.55. The largest absolute Gasteiger partial charge is 0.390 e. The second kappa shape index (κ2) is 7.13. The van der Waals surface area contributed by atoms with Gasteiger partial charge in [-0.3, -0.25) is 4.79 Å².